The van der Waals surface area contributed by atoms with E-state index in [2.05, 4.69) is 68.4 Å². The quantitative estimate of drug-likeness (QED) is 0.884. The van der Waals surface area contributed by atoms with E-state index >= 15 is 0 Å². The molecule has 1 saturated heterocycles. The van der Waals surface area contributed by atoms with Crippen molar-refractivity contribution >= 4 is 0 Å². The molecule has 0 amide bonds. The van der Waals surface area contributed by atoms with Gasteiger partial charge in [-0.15, -0.1) is 0 Å². The van der Waals surface area contributed by atoms with Gasteiger partial charge >= 0.3 is 0 Å². The van der Waals surface area contributed by atoms with Gasteiger partial charge in [-0.2, -0.15) is 0 Å². The summed E-state index contributed by atoms with van der Waals surface area (Å²) in [5.74, 6) is 1.39. The molecule has 1 aromatic carbocycles. The predicted octanol–water partition coefficient (Wildman–Crippen LogP) is 3.50. The van der Waals surface area contributed by atoms with Crippen LogP contribution in [0.1, 0.15) is 45.1 Å². The van der Waals surface area contributed by atoms with Crippen molar-refractivity contribution in [1.29, 1.82) is 0 Å². The first-order valence-corrected chi connectivity index (χ1v) is 8.09. The lowest BCUT2D eigenvalue weighted by atomic mass is 9.86. The minimum atomic E-state index is 0.653. The van der Waals surface area contributed by atoms with Gasteiger partial charge in [-0.25, -0.2) is 0 Å². The number of piperidine rings is 1. The monoisotopic (exact) mass is 274 g/mol. The van der Waals surface area contributed by atoms with Gasteiger partial charge in [-0.05, 0) is 57.3 Å². The third-order valence-electron chi connectivity index (χ3n) is 5.29. The van der Waals surface area contributed by atoms with E-state index in [0.717, 1.165) is 5.92 Å². The van der Waals surface area contributed by atoms with Crippen LogP contribution < -0.4 is 5.32 Å². The molecule has 112 valence electrons. The second kappa shape index (κ2) is 7.24. The zero-order valence-corrected chi connectivity index (χ0v) is 13.5. The van der Waals surface area contributed by atoms with E-state index in [1.54, 1.807) is 0 Å². The average Bonchev–Trinajstić information content (AvgIpc) is 2.49. The van der Waals surface area contributed by atoms with Crippen LogP contribution in [0.5, 0.6) is 0 Å². The number of nitrogens with one attached hydrogen (secondary N) is 1. The zero-order valence-electron chi connectivity index (χ0n) is 13.5. The van der Waals surface area contributed by atoms with Crippen LogP contribution in [0.15, 0.2) is 30.3 Å². The topological polar surface area (TPSA) is 15.3 Å². The molecule has 4 atom stereocenters. The van der Waals surface area contributed by atoms with Gasteiger partial charge in [0.25, 0.3) is 0 Å². The van der Waals surface area contributed by atoms with Gasteiger partial charge in [0.1, 0.15) is 0 Å². The van der Waals surface area contributed by atoms with Crippen LogP contribution in [0, 0.1) is 5.92 Å². The Morgan fingerprint density at radius 3 is 2.60 bits per heavy atom. The van der Waals surface area contributed by atoms with Crippen molar-refractivity contribution in [3.8, 4) is 0 Å². The molecule has 0 saturated carbocycles. The highest BCUT2D eigenvalue weighted by Gasteiger charge is 2.31. The molecule has 0 spiro atoms. The molecule has 20 heavy (non-hydrogen) atoms. The molecule has 0 aliphatic carbocycles. The van der Waals surface area contributed by atoms with E-state index < -0.39 is 0 Å². The van der Waals surface area contributed by atoms with Crippen molar-refractivity contribution in [2.45, 2.75) is 51.6 Å². The summed E-state index contributed by atoms with van der Waals surface area (Å²) >= 11 is 0. The SMILES string of the molecule is CNC1CCN(CCC(C)c2ccccc2)C(C)C1C. The molecule has 0 bridgehead atoms. The Morgan fingerprint density at radius 2 is 1.95 bits per heavy atom. The number of nitrogens with zero attached hydrogens (tertiary/aromatic N) is 1. The summed E-state index contributed by atoms with van der Waals surface area (Å²) in [6.45, 7) is 9.58. The van der Waals surface area contributed by atoms with Crippen molar-refractivity contribution < 1.29 is 0 Å². The lowest BCUT2D eigenvalue weighted by Crippen LogP contribution is -2.52. The fraction of sp³-hybridized carbons (Fsp3) is 0.667. The Bertz CT molecular complexity index is 390. The molecule has 0 aromatic heterocycles. The van der Waals surface area contributed by atoms with E-state index in [1.165, 1.54) is 31.5 Å². The van der Waals surface area contributed by atoms with Gasteiger partial charge in [-0.1, -0.05) is 44.2 Å². The van der Waals surface area contributed by atoms with Crippen molar-refractivity contribution in [3.63, 3.8) is 0 Å². The molecule has 2 heteroatoms. The van der Waals surface area contributed by atoms with E-state index in [9.17, 15) is 0 Å². The van der Waals surface area contributed by atoms with Gasteiger partial charge in [0, 0.05) is 12.1 Å². The number of hydrogen-bond acceptors (Lipinski definition) is 2. The summed E-state index contributed by atoms with van der Waals surface area (Å²) in [5, 5.41) is 3.47. The van der Waals surface area contributed by atoms with Crippen LogP contribution in [0.25, 0.3) is 0 Å². The summed E-state index contributed by atoms with van der Waals surface area (Å²) in [6, 6.07) is 12.3. The standard InChI is InChI=1S/C18H30N2/c1-14(17-8-6-5-7-9-17)10-12-20-13-11-18(19-4)15(2)16(20)3/h5-9,14-16,18-19H,10-13H2,1-4H3. The summed E-state index contributed by atoms with van der Waals surface area (Å²) in [5.41, 5.74) is 1.47. The van der Waals surface area contributed by atoms with E-state index in [-0.39, 0.29) is 0 Å². The molecule has 2 nitrogen and oxygen atoms in total. The summed E-state index contributed by atoms with van der Waals surface area (Å²) in [6.07, 6.45) is 2.53. The van der Waals surface area contributed by atoms with E-state index in [0.29, 0.717) is 18.0 Å². The lowest BCUT2D eigenvalue weighted by molar-refractivity contribution is 0.0852. The van der Waals surface area contributed by atoms with Crippen molar-refractivity contribution in [1.82, 2.24) is 10.2 Å². The molecule has 1 aliphatic heterocycles. The minimum absolute atomic E-state index is 0.653. The fourth-order valence-electron chi connectivity index (χ4n) is 3.47. The highest BCUT2D eigenvalue weighted by atomic mass is 15.2. The van der Waals surface area contributed by atoms with Crippen molar-refractivity contribution in [2.75, 3.05) is 20.1 Å². The Kier molecular flexibility index (Phi) is 5.62. The highest BCUT2D eigenvalue weighted by Crippen LogP contribution is 2.26. The maximum absolute atomic E-state index is 3.47. The van der Waals surface area contributed by atoms with Gasteiger partial charge in [0.2, 0.25) is 0 Å². The maximum Gasteiger partial charge on any atom is 0.0117 e. The second-order valence-electron chi connectivity index (χ2n) is 6.42. The molecule has 1 aromatic rings. The Hall–Kier alpha value is -0.860. The average molecular weight is 274 g/mol. The van der Waals surface area contributed by atoms with Gasteiger partial charge in [-0.3, -0.25) is 0 Å². The first kappa shape index (κ1) is 15.5. The van der Waals surface area contributed by atoms with Crippen molar-refractivity contribution in [3.05, 3.63) is 35.9 Å². The fourth-order valence-corrected chi connectivity index (χ4v) is 3.47. The summed E-state index contributed by atoms with van der Waals surface area (Å²) < 4.78 is 0. The number of benzene rings is 1. The number of likely N-dealkylation sites (tertiary alicyclic amines) is 1. The van der Waals surface area contributed by atoms with Crippen LogP contribution >= 0.6 is 0 Å². The molecule has 2 rings (SSSR count). The smallest absolute Gasteiger partial charge is 0.0117 e. The van der Waals surface area contributed by atoms with Crippen LogP contribution in [-0.4, -0.2) is 37.1 Å². The third kappa shape index (κ3) is 3.62. The summed E-state index contributed by atoms with van der Waals surface area (Å²) in [4.78, 5) is 2.68. The molecule has 1 N–H and O–H groups in total. The molecular weight excluding hydrogens is 244 g/mol. The van der Waals surface area contributed by atoms with E-state index in [4.69, 9.17) is 0 Å². The molecule has 1 heterocycles. The summed E-state index contributed by atoms with van der Waals surface area (Å²) in [7, 11) is 2.10. The second-order valence-corrected chi connectivity index (χ2v) is 6.42. The number of hydrogen-bond donors (Lipinski definition) is 1. The van der Waals surface area contributed by atoms with Crippen LogP contribution in [0.3, 0.4) is 0 Å². The number of rotatable bonds is 5. The predicted molar refractivity (Wildman–Crippen MR) is 87.1 cm³/mol. The zero-order chi connectivity index (χ0) is 14.5. The van der Waals surface area contributed by atoms with Crippen LogP contribution in [0.2, 0.25) is 0 Å². The molecule has 4 unspecified atom stereocenters. The lowest BCUT2D eigenvalue weighted by Gasteiger charge is -2.43. The van der Waals surface area contributed by atoms with Crippen molar-refractivity contribution in [2.24, 2.45) is 5.92 Å². The van der Waals surface area contributed by atoms with Crippen LogP contribution in [-0.2, 0) is 0 Å². The maximum atomic E-state index is 3.47. The molecule has 1 fully saturated rings. The van der Waals surface area contributed by atoms with Gasteiger partial charge in [0.15, 0.2) is 0 Å². The van der Waals surface area contributed by atoms with Crippen LogP contribution in [0.4, 0.5) is 0 Å². The largest absolute Gasteiger partial charge is 0.317 e. The molecular formula is C18H30N2. The normalized spacial score (nSPS) is 29.3. The minimum Gasteiger partial charge on any atom is -0.317 e. The Labute approximate surface area is 124 Å². The molecule has 1 aliphatic rings. The highest BCUT2D eigenvalue weighted by molar-refractivity contribution is 5.18. The first-order chi connectivity index (χ1) is 9.63. The first-order valence-electron chi connectivity index (χ1n) is 8.09. The Morgan fingerprint density at radius 1 is 1.25 bits per heavy atom. The van der Waals surface area contributed by atoms with Gasteiger partial charge < -0.3 is 10.2 Å². The molecule has 0 radical (unpaired) electrons. The third-order valence-corrected chi connectivity index (χ3v) is 5.29. The van der Waals surface area contributed by atoms with E-state index in [1.807, 2.05) is 0 Å². The Balaban J connectivity index is 1.85. The van der Waals surface area contributed by atoms with Gasteiger partial charge in [0.05, 0.1) is 0 Å².